The molecule has 0 unspecified atom stereocenters. The first kappa shape index (κ1) is 12.4. The average Bonchev–Trinajstić information content (AvgIpc) is 2.38. The quantitative estimate of drug-likeness (QED) is 0.845. The predicted molar refractivity (Wildman–Crippen MR) is 67.5 cm³/mol. The summed E-state index contributed by atoms with van der Waals surface area (Å²) in [5.74, 6) is -0.240. The molecule has 0 amide bonds. The minimum absolute atomic E-state index is 0.0637. The molecule has 0 aliphatic heterocycles. The van der Waals surface area contributed by atoms with E-state index in [-0.39, 0.29) is 5.56 Å². The van der Waals surface area contributed by atoms with Gasteiger partial charge in [0.2, 0.25) is 5.43 Å². The number of methoxy groups -OCH3 is 2. The number of ether oxygens (including phenoxy) is 2. The summed E-state index contributed by atoms with van der Waals surface area (Å²) in [7, 11) is 2.70. The largest absolute Gasteiger partial charge is 0.495 e. The maximum absolute atomic E-state index is 12.1. The molecule has 0 saturated carbocycles. The minimum Gasteiger partial charge on any atom is -0.495 e. The maximum Gasteiger partial charge on any atom is 0.343 e. The van der Waals surface area contributed by atoms with Crippen molar-refractivity contribution in [2.75, 3.05) is 14.2 Å². The molecule has 0 radical (unpaired) electrons. The third-order valence-corrected chi connectivity index (χ3v) is 2.85. The number of nitrogens with one attached hydrogen (secondary N) is 1. The van der Waals surface area contributed by atoms with E-state index in [0.717, 1.165) is 0 Å². The predicted octanol–water partition coefficient (Wildman–Crippen LogP) is 1.98. The van der Waals surface area contributed by atoms with Gasteiger partial charge in [-0.15, -0.1) is 0 Å². The topological polar surface area (TPSA) is 68.4 Å². The van der Waals surface area contributed by atoms with E-state index < -0.39 is 11.4 Å². The van der Waals surface area contributed by atoms with Crippen LogP contribution in [-0.2, 0) is 4.74 Å². The third kappa shape index (κ3) is 1.93. The minimum atomic E-state index is -0.690. The van der Waals surface area contributed by atoms with Crippen LogP contribution in [0.5, 0.6) is 5.75 Å². The zero-order valence-corrected chi connectivity index (χ0v) is 10.5. The average molecular weight is 268 g/mol. The van der Waals surface area contributed by atoms with Gasteiger partial charge >= 0.3 is 5.97 Å². The molecule has 0 bridgehead atoms. The van der Waals surface area contributed by atoms with E-state index in [4.69, 9.17) is 16.3 Å². The number of carbonyl (C=O) groups excluding carboxylic acids is 1. The van der Waals surface area contributed by atoms with E-state index in [0.29, 0.717) is 21.7 Å². The molecule has 5 nitrogen and oxygen atoms in total. The highest BCUT2D eigenvalue weighted by Crippen LogP contribution is 2.27. The fourth-order valence-corrected chi connectivity index (χ4v) is 1.88. The van der Waals surface area contributed by atoms with Crippen LogP contribution in [0.3, 0.4) is 0 Å². The normalized spacial score (nSPS) is 10.4. The first-order valence-corrected chi connectivity index (χ1v) is 5.43. The number of hydrogen-bond donors (Lipinski definition) is 1. The third-order valence-electron chi connectivity index (χ3n) is 2.56. The molecule has 0 spiro atoms. The van der Waals surface area contributed by atoms with Crippen LogP contribution in [0.15, 0.2) is 23.1 Å². The number of aromatic amines is 1. The second kappa shape index (κ2) is 4.70. The van der Waals surface area contributed by atoms with Gasteiger partial charge in [0, 0.05) is 17.6 Å². The lowest BCUT2D eigenvalue weighted by Gasteiger charge is -2.06. The molecule has 18 heavy (non-hydrogen) atoms. The van der Waals surface area contributed by atoms with Crippen LogP contribution in [0, 0.1) is 0 Å². The highest BCUT2D eigenvalue weighted by molar-refractivity contribution is 6.32. The number of rotatable bonds is 2. The summed E-state index contributed by atoms with van der Waals surface area (Å²) in [6.07, 6.45) is 1.31. The number of hydrogen-bond acceptors (Lipinski definition) is 4. The van der Waals surface area contributed by atoms with Crippen LogP contribution in [0.2, 0.25) is 5.02 Å². The molecule has 0 aliphatic carbocycles. The summed E-state index contributed by atoms with van der Waals surface area (Å²) in [6.45, 7) is 0. The fraction of sp³-hybridized carbons (Fsp3) is 0.167. The van der Waals surface area contributed by atoms with Gasteiger partial charge in [0.05, 0.1) is 24.8 Å². The van der Waals surface area contributed by atoms with Crippen molar-refractivity contribution >= 4 is 28.5 Å². The maximum atomic E-state index is 12.1. The lowest BCUT2D eigenvalue weighted by molar-refractivity contribution is 0.0599. The Hall–Kier alpha value is -2.01. The van der Waals surface area contributed by atoms with Crippen LogP contribution < -0.4 is 10.2 Å². The van der Waals surface area contributed by atoms with Crippen molar-refractivity contribution in [2.45, 2.75) is 0 Å². The van der Waals surface area contributed by atoms with E-state index >= 15 is 0 Å². The lowest BCUT2D eigenvalue weighted by atomic mass is 10.1. The Balaban J connectivity index is 2.76. The fourth-order valence-electron chi connectivity index (χ4n) is 1.64. The summed E-state index contributed by atoms with van der Waals surface area (Å²) in [6, 6.07) is 3.06. The molecule has 1 aromatic carbocycles. The molecule has 1 aromatic heterocycles. The first-order valence-electron chi connectivity index (χ1n) is 5.05. The van der Waals surface area contributed by atoms with Crippen LogP contribution >= 0.6 is 11.6 Å². The van der Waals surface area contributed by atoms with Crippen LogP contribution in [0.4, 0.5) is 0 Å². The molecule has 2 rings (SSSR count). The lowest BCUT2D eigenvalue weighted by Crippen LogP contribution is -2.17. The van der Waals surface area contributed by atoms with Gasteiger partial charge in [-0.1, -0.05) is 11.6 Å². The molecule has 6 heteroatoms. The number of halogens is 1. The Kier molecular flexibility index (Phi) is 3.25. The van der Waals surface area contributed by atoms with Crippen LogP contribution in [-0.4, -0.2) is 25.2 Å². The molecule has 94 valence electrons. The molecule has 2 aromatic rings. The summed E-state index contributed by atoms with van der Waals surface area (Å²) >= 11 is 5.95. The van der Waals surface area contributed by atoms with Gasteiger partial charge in [0.1, 0.15) is 11.3 Å². The zero-order valence-electron chi connectivity index (χ0n) is 9.74. The van der Waals surface area contributed by atoms with Gasteiger partial charge in [0.15, 0.2) is 0 Å². The van der Waals surface area contributed by atoms with Crippen molar-refractivity contribution < 1.29 is 14.3 Å². The smallest absolute Gasteiger partial charge is 0.343 e. The van der Waals surface area contributed by atoms with Gasteiger partial charge < -0.3 is 14.5 Å². The molecule has 1 N–H and O–H groups in total. The summed E-state index contributed by atoms with van der Waals surface area (Å²) in [5, 5.41) is 0.612. The molecule has 0 fully saturated rings. The van der Waals surface area contributed by atoms with E-state index in [1.54, 1.807) is 6.07 Å². The van der Waals surface area contributed by atoms with Crippen LogP contribution in [0.1, 0.15) is 10.4 Å². The Morgan fingerprint density at radius 3 is 2.67 bits per heavy atom. The highest BCUT2D eigenvalue weighted by Gasteiger charge is 2.14. The summed E-state index contributed by atoms with van der Waals surface area (Å²) in [5.41, 5.74) is 0.0419. The number of H-pyrrole nitrogens is 1. The molecule has 0 aliphatic rings. The second-order valence-electron chi connectivity index (χ2n) is 3.56. The highest BCUT2D eigenvalue weighted by atomic mass is 35.5. The van der Waals surface area contributed by atoms with E-state index in [9.17, 15) is 9.59 Å². The van der Waals surface area contributed by atoms with Crippen molar-refractivity contribution in [3.8, 4) is 5.75 Å². The molecular weight excluding hydrogens is 258 g/mol. The number of benzene rings is 1. The van der Waals surface area contributed by atoms with Crippen LogP contribution in [0.25, 0.3) is 10.9 Å². The molecule has 1 heterocycles. The monoisotopic (exact) mass is 267 g/mol. The Morgan fingerprint density at radius 2 is 2.06 bits per heavy atom. The zero-order chi connectivity index (χ0) is 13.3. The molecular formula is C12H10ClNO4. The second-order valence-corrected chi connectivity index (χ2v) is 3.96. The molecule has 0 atom stereocenters. The van der Waals surface area contributed by atoms with Gasteiger partial charge in [-0.25, -0.2) is 4.79 Å². The first-order chi connectivity index (χ1) is 8.58. The van der Waals surface area contributed by atoms with Gasteiger partial charge in [-0.3, -0.25) is 4.79 Å². The SMILES string of the molecule is COC(=O)c1c[nH]c2cc(OC)c(Cl)cc2c1=O. The van der Waals surface area contributed by atoms with Crippen molar-refractivity contribution in [3.63, 3.8) is 0 Å². The number of pyridine rings is 1. The van der Waals surface area contributed by atoms with E-state index in [1.165, 1.54) is 26.5 Å². The Morgan fingerprint density at radius 1 is 1.33 bits per heavy atom. The van der Waals surface area contributed by atoms with Crippen molar-refractivity contribution in [1.82, 2.24) is 4.98 Å². The van der Waals surface area contributed by atoms with E-state index in [1.807, 2.05) is 0 Å². The summed E-state index contributed by atoms with van der Waals surface area (Å²) in [4.78, 5) is 26.3. The molecule has 0 saturated heterocycles. The number of carbonyl (C=O) groups is 1. The van der Waals surface area contributed by atoms with E-state index in [2.05, 4.69) is 9.72 Å². The Bertz CT molecular complexity index is 678. The standard InChI is InChI=1S/C12H10ClNO4/c1-17-10-4-9-6(3-8(10)13)11(15)7(5-14-9)12(16)18-2/h3-5H,1-2H3,(H,14,15). The van der Waals surface area contributed by atoms with Crippen molar-refractivity contribution in [1.29, 1.82) is 0 Å². The van der Waals surface area contributed by atoms with Gasteiger partial charge in [-0.2, -0.15) is 0 Å². The van der Waals surface area contributed by atoms with Crippen molar-refractivity contribution in [3.05, 3.63) is 39.1 Å². The number of esters is 1. The number of aromatic nitrogens is 1. The van der Waals surface area contributed by atoms with Gasteiger partial charge in [0.25, 0.3) is 0 Å². The summed E-state index contributed by atoms with van der Waals surface area (Å²) < 4.78 is 9.57. The van der Waals surface area contributed by atoms with Gasteiger partial charge in [-0.05, 0) is 6.07 Å². The number of fused-ring (bicyclic) bond motifs is 1. The Labute approximate surface area is 107 Å². The van der Waals surface area contributed by atoms with Crippen molar-refractivity contribution in [2.24, 2.45) is 0 Å².